The molecule has 0 spiro atoms. The van der Waals surface area contributed by atoms with Crippen LogP contribution in [0, 0.1) is 5.41 Å². The molecule has 1 aliphatic carbocycles. The zero-order chi connectivity index (χ0) is 23.2. The molecule has 168 valence electrons. The highest BCUT2D eigenvalue weighted by atomic mass is 35.5. The molecule has 0 amide bonds. The van der Waals surface area contributed by atoms with E-state index in [4.69, 9.17) is 32.4 Å². The highest BCUT2D eigenvalue weighted by Crippen LogP contribution is 2.47. The monoisotopic (exact) mass is 473 g/mol. The lowest BCUT2D eigenvalue weighted by molar-refractivity contribution is -0.138. The number of nitrogens with one attached hydrogen (secondary N) is 1. The predicted molar refractivity (Wildman–Crippen MR) is 124 cm³/mol. The minimum Gasteiger partial charge on any atom is -0.463 e. The van der Waals surface area contributed by atoms with Gasteiger partial charge in [0.05, 0.1) is 23.1 Å². The molecule has 0 saturated carbocycles. The minimum atomic E-state index is -0.645. The second kappa shape index (κ2) is 8.45. The molecule has 1 aromatic carbocycles. The number of carbonyl (C=O) groups excluding carboxylic acids is 2. The van der Waals surface area contributed by atoms with Crippen LogP contribution in [0.15, 0.2) is 57.3 Å². The van der Waals surface area contributed by atoms with Crippen molar-refractivity contribution in [1.82, 2.24) is 5.32 Å². The van der Waals surface area contributed by atoms with E-state index in [1.54, 1.807) is 37.3 Å². The van der Waals surface area contributed by atoms with Gasteiger partial charge in [-0.3, -0.25) is 4.79 Å². The predicted octanol–water partition coefficient (Wildman–Crippen LogP) is 6.42. The molecule has 2 aromatic rings. The van der Waals surface area contributed by atoms with Gasteiger partial charge in [-0.25, -0.2) is 4.79 Å². The summed E-state index contributed by atoms with van der Waals surface area (Å²) in [5, 5.41) is 4.29. The SMILES string of the molecule is CCOC(=O)C1=C(C)NC2=C(C(=O)CC(C)(C)C2)C1c1ccc(-c2ccc(Cl)cc2Cl)o1. The number of benzene rings is 1. The summed E-state index contributed by atoms with van der Waals surface area (Å²) in [6.07, 6.45) is 1.10. The van der Waals surface area contributed by atoms with E-state index in [1.165, 1.54) is 0 Å². The number of allylic oxidation sites excluding steroid dienone is 3. The lowest BCUT2D eigenvalue weighted by Crippen LogP contribution is -2.38. The standard InChI is InChI=1S/C25H25Cl2NO4/c1-5-31-24(30)21-13(2)28-17-11-25(3,4)12-18(29)22(17)23(21)20-9-8-19(32-20)15-7-6-14(26)10-16(15)27/h6-10,23,28H,5,11-12H2,1-4H3. The fourth-order valence-electron chi connectivity index (χ4n) is 4.54. The Bertz CT molecular complexity index is 1170. The molecule has 1 atom stereocenters. The minimum absolute atomic E-state index is 0.00511. The van der Waals surface area contributed by atoms with Gasteiger partial charge in [-0.05, 0) is 56.0 Å². The number of rotatable bonds is 4. The summed E-state index contributed by atoms with van der Waals surface area (Å²) in [4.78, 5) is 26.2. The van der Waals surface area contributed by atoms with Gasteiger partial charge in [-0.15, -0.1) is 0 Å². The smallest absolute Gasteiger partial charge is 0.336 e. The summed E-state index contributed by atoms with van der Waals surface area (Å²) in [6.45, 7) is 7.96. The summed E-state index contributed by atoms with van der Waals surface area (Å²) in [5.41, 5.74) is 2.98. The molecule has 2 aliphatic rings. The van der Waals surface area contributed by atoms with Crippen molar-refractivity contribution in [2.24, 2.45) is 5.41 Å². The third-order valence-corrected chi connectivity index (χ3v) is 6.39. The molecule has 1 unspecified atom stereocenters. The molecule has 0 bridgehead atoms. The van der Waals surface area contributed by atoms with Crippen molar-refractivity contribution in [1.29, 1.82) is 0 Å². The highest BCUT2D eigenvalue weighted by molar-refractivity contribution is 6.36. The van der Waals surface area contributed by atoms with Crippen LogP contribution in [0.25, 0.3) is 11.3 Å². The Labute approximate surface area is 197 Å². The van der Waals surface area contributed by atoms with Crippen molar-refractivity contribution in [3.05, 3.63) is 68.7 Å². The first-order valence-corrected chi connectivity index (χ1v) is 11.3. The van der Waals surface area contributed by atoms with Gasteiger partial charge in [0.1, 0.15) is 11.5 Å². The number of ketones is 1. The van der Waals surface area contributed by atoms with Crippen LogP contribution in [-0.4, -0.2) is 18.4 Å². The van der Waals surface area contributed by atoms with Crippen LogP contribution in [-0.2, 0) is 14.3 Å². The van der Waals surface area contributed by atoms with Crippen LogP contribution in [0.1, 0.15) is 52.2 Å². The van der Waals surface area contributed by atoms with Gasteiger partial charge in [-0.2, -0.15) is 0 Å². The van der Waals surface area contributed by atoms with Crippen molar-refractivity contribution in [3.8, 4) is 11.3 Å². The molecule has 1 N–H and O–H groups in total. The summed E-state index contributed by atoms with van der Waals surface area (Å²) in [5.74, 6) is -0.0734. The highest BCUT2D eigenvalue weighted by Gasteiger charge is 2.44. The van der Waals surface area contributed by atoms with Crippen molar-refractivity contribution >= 4 is 35.0 Å². The first-order chi connectivity index (χ1) is 15.1. The molecule has 7 heteroatoms. The first-order valence-electron chi connectivity index (χ1n) is 10.6. The average molecular weight is 474 g/mol. The number of Topliss-reactive ketones (excluding diaryl/α,β-unsaturated/α-hetero) is 1. The van der Waals surface area contributed by atoms with E-state index in [-0.39, 0.29) is 17.8 Å². The number of furan rings is 1. The van der Waals surface area contributed by atoms with Gasteiger partial charge in [0.15, 0.2) is 5.78 Å². The van der Waals surface area contributed by atoms with Crippen LogP contribution in [0.2, 0.25) is 10.0 Å². The van der Waals surface area contributed by atoms with E-state index in [9.17, 15) is 9.59 Å². The molecule has 4 rings (SSSR count). The second-order valence-electron chi connectivity index (χ2n) is 8.98. The molecular weight excluding hydrogens is 449 g/mol. The van der Waals surface area contributed by atoms with Gasteiger partial charge in [0.2, 0.25) is 0 Å². The van der Waals surface area contributed by atoms with E-state index >= 15 is 0 Å². The van der Waals surface area contributed by atoms with Crippen LogP contribution in [0.3, 0.4) is 0 Å². The van der Waals surface area contributed by atoms with Crippen molar-refractivity contribution in [3.63, 3.8) is 0 Å². The second-order valence-corrected chi connectivity index (χ2v) is 9.82. The Morgan fingerprint density at radius 1 is 1.22 bits per heavy atom. The van der Waals surface area contributed by atoms with Crippen molar-refractivity contribution in [2.75, 3.05) is 6.61 Å². The topological polar surface area (TPSA) is 68.5 Å². The molecule has 0 radical (unpaired) electrons. The van der Waals surface area contributed by atoms with Gasteiger partial charge < -0.3 is 14.5 Å². The average Bonchev–Trinajstić information content (AvgIpc) is 3.15. The van der Waals surface area contributed by atoms with E-state index in [0.29, 0.717) is 56.8 Å². The first kappa shape index (κ1) is 22.7. The van der Waals surface area contributed by atoms with Crippen LogP contribution in [0.4, 0.5) is 0 Å². The van der Waals surface area contributed by atoms with E-state index in [0.717, 1.165) is 5.70 Å². The Morgan fingerprint density at radius 3 is 2.66 bits per heavy atom. The number of dihydropyridines is 1. The number of halogens is 2. The van der Waals surface area contributed by atoms with Gasteiger partial charge in [0, 0.05) is 34.0 Å². The number of hydrogen-bond acceptors (Lipinski definition) is 5. The maximum Gasteiger partial charge on any atom is 0.336 e. The maximum absolute atomic E-state index is 13.3. The fourth-order valence-corrected chi connectivity index (χ4v) is 5.04. The largest absolute Gasteiger partial charge is 0.463 e. The lowest BCUT2D eigenvalue weighted by atomic mass is 9.69. The van der Waals surface area contributed by atoms with Gasteiger partial charge >= 0.3 is 5.97 Å². The van der Waals surface area contributed by atoms with E-state index < -0.39 is 11.9 Å². The third kappa shape index (κ3) is 4.12. The molecule has 5 nitrogen and oxygen atoms in total. The van der Waals surface area contributed by atoms with Crippen molar-refractivity contribution in [2.45, 2.75) is 46.5 Å². The molecule has 2 heterocycles. The van der Waals surface area contributed by atoms with Crippen LogP contribution >= 0.6 is 23.2 Å². The molecular formula is C25H25Cl2NO4. The fraction of sp³-hybridized carbons (Fsp3) is 0.360. The van der Waals surface area contributed by atoms with E-state index in [1.807, 2.05) is 6.92 Å². The Hall–Kier alpha value is -2.50. The van der Waals surface area contributed by atoms with Crippen LogP contribution in [0.5, 0.6) is 0 Å². The zero-order valence-corrected chi connectivity index (χ0v) is 20.0. The normalized spacial score (nSPS) is 20.2. The van der Waals surface area contributed by atoms with Gasteiger partial charge in [-0.1, -0.05) is 37.0 Å². The molecule has 0 fully saturated rings. The Kier molecular flexibility index (Phi) is 5.99. The van der Waals surface area contributed by atoms with E-state index in [2.05, 4.69) is 19.2 Å². The number of esters is 1. The summed E-state index contributed by atoms with van der Waals surface area (Å²) >= 11 is 12.4. The number of carbonyl (C=O) groups is 2. The summed E-state index contributed by atoms with van der Waals surface area (Å²) in [7, 11) is 0. The Balaban J connectivity index is 1.85. The van der Waals surface area contributed by atoms with Crippen LogP contribution < -0.4 is 5.32 Å². The summed E-state index contributed by atoms with van der Waals surface area (Å²) < 4.78 is 11.5. The molecule has 32 heavy (non-hydrogen) atoms. The Morgan fingerprint density at radius 2 is 1.97 bits per heavy atom. The maximum atomic E-state index is 13.3. The quantitative estimate of drug-likeness (QED) is 0.518. The number of ether oxygens (including phenoxy) is 1. The van der Waals surface area contributed by atoms with Crippen molar-refractivity contribution < 1.29 is 18.7 Å². The zero-order valence-electron chi connectivity index (χ0n) is 18.5. The molecule has 0 saturated heterocycles. The van der Waals surface area contributed by atoms with Gasteiger partial charge in [0.25, 0.3) is 0 Å². The third-order valence-electron chi connectivity index (χ3n) is 5.84. The lowest BCUT2D eigenvalue weighted by Gasteiger charge is -2.38. The molecule has 1 aliphatic heterocycles. The molecule has 1 aromatic heterocycles. The number of hydrogen-bond donors (Lipinski definition) is 1. The summed E-state index contributed by atoms with van der Waals surface area (Å²) in [6, 6.07) is 8.74.